The van der Waals surface area contributed by atoms with Crippen LogP contribution >= 0.6 is 0 Å². The van der Waals surface area contributed by atoms with Gasteiger partial charge >= 0.3 is 0 Å². The summed E-state index contributed by atoms with van der Waals surface area (Å²) in [5.74, 6) is 1.37. The van der Waals surface area contributed by atoms with Gasteiger partial charge in [0.05, 0.1) is 0 Å². The lowest BCUT2D eigenvalue weighted by molar-refractivity contribution is 0.0440. The van der Waals surface area contributed by atoms with Gasteiger partial charge in [-0.15, -0.1) is 0 Å². The van der Waals surface area contributed by atoms with Gasteiger partial charge in [0.2, 0.25) is 0 Å². The number of hydrogen-bond donors (Lipinski definition) is 0. The molecule has 0 saturated heterocycles. The number of hydrogen-bond acceptors (Lipinski definition) is 3. The molecule has 0 radical (unpaired) electrons. The third-order valence-corrected chi connectivity index (χ3v) is 1.95. The molecule has 0 aliphatic heterocycles. The van der Waals surface area contributed by atoms with Crippen molar-refractivity contribution in [1.29, 1.82) is 0 Å². The van der Waals surface area contributed by atoms with Crippen LogP contribution in [0.2, 0.25) is 0 Å². The predicted molar refractivity (Wildman–Crippen MR) is 69.4 cm³/mol. The van der Waals surface area contributed by atoms with Gasteiger partial charge in [0.25, 0.3) is 0 Å². The smallest absolute Gasteiger partial charge is 0.188 e. The van der Waals surface area contributed by atoms with Gasteiger partial charge in [-0.3, -0.25) is 0 Å². The molecule has 1 aromatic rings. The van der Waals surface area contributed by atoms with Gasteiger partial charge in [-0.1, -0.05) is 18.7 Å². The summed E-state index contributed by atoms with van der Waals surface area (Å²) in [4.78, 5) is 0. The molecule has 0 amide bonds. The van der Waals surface area contributed by atoms with E-state index in [9.17, 15) is 0 Å². The maximum atomic E-state index is 5.84. The van der Waals surface area contributed by atoms with Crippen LogP contribution in [0.25, 0.3) is 6.08 Å². The van der Waals surface area contributed by atoms with E-state index < -0.39 is 0 Å². The number of rotatable bonds is 5. The molecule has 3 nitrogen and oxygen atoms in total. The van der Waals surface area contributed by atoms with Gasteiger partial charge < -0.3 is 14.2 Å². The highest BCUT2D eigenvalue weighted by molar-refractivity contribution is 5.54. The molecule has 3 heteroatoms. The van der Waals surface area contributed by atoms with Crippen molar-refractivity contribution in [3.8, 4) is 11.5 Å². The molecule has 0 aliphatic carbocycles. The minimum absolute atomic E-state index is 0.202. The Morgan fingerprint density at radius 3 is 2.47 bits per heavy atom. The van der Waals surface area contributed by atoms with E-state index in [2.05, 4.69) is 6.58 Å². The van der Waals surface area contributed by atoms with Crippen LogP contribution in [0.3, 0.4) is 0 Å². The van der Waals surface area contributed by atoms with Crippen LogP contribution in [0.1, 0.15) is 26.3 Å². The molecule has 94 valence electrons. The lowest BCUT2D eigenvalue weighted by Crippen LogP contribution is -2.23. The van der Waals surface area contributed by atoms with Crippen molar-refractivity contribution in [2.24, 2.45) is 0 Å². The number of ether oxygens (including phenoxy) is 3. The van der Waals surface area contributed by atoms with Crippen molar-refractivity contribution in [2.75, 3.05) is 13.9 Å². The predicted octanol–water partition coefficient (Wildman–Crippen LogP) is 3.49. The fourth-order valence-corrected chi connectivity index (χ4v) is 1.30. The Kier molecular flexibility index (Phi) is 4.58. The topological polar surface area (TPSA) is 27.7 Å². The summed E-state index contributed by atoms with van der Waals surface area (Å²) >= 11 is 0. The molecular weight excluding hydrogens is 216 g/mol. The van der Waals surface area contributed by atoms with Crippen LogP contribution in [-0.2, 0) is 4.74 Å². The van der Waals surface area contributed by atoms with Crippen LogP contribution in [0.15, 0.2) is 24.8 Å². The van der Waals surface area contributed by atoms with E-state index in [0.29, 0.717) is 11.5 Å². The summed E-state index contributed by atoms with van der Waals surface area (Å²) in [7, 11) is 1.59. The molecule has 17 heavy (non-hydrogen) atoms. The van der Waals surface area contributed by atoms with E-state index in [1.165, 1.54) is 0 Å². The lowest BCUT2D eigenvalue weighted by Gasteiger charge is -2.23. The van der Waals surface area contributed by atoms with Crippen molar-refractivity contribution in [3.63, 3.8) is 0 Å². The average Bonchev–Trinajstić information content (AvgIpc) is 2.25. The standard InChI is InChI=1S/C14H20O3/c1-6-11-7-8-12(16-10-15-5)13(9-11)17-14(2,3)4/h6-9H,1,10H2,2-5H3. The van der Waals surface area contributed by atoms with Crippen molar-refractivity contribution in [2.45, 2.75) is 26.4 Å². The minimum atomic E-state index is -0.273. The Hall–Kier alpha value is -1.48. The van der Waals surface area contributed by atoms with Gasteiger partial charge in [-0.25, -0.2) is 0 Å². The Bertz CT molecular complexity index is 378. The molecule has 0 unspecified atom stereocenters. The summed E-state index contributed by atoms with van der Waals surface area (Å²) in [6.07, 6.45) is 1.77. The molecule has 0 heterocycles. The summed E-state index contributed by atoms with van der Waals surface area (Å²) in [6.45, 7) is 9.92. The summed E-state index contributed by atoms with van der Waals surface area (Å²) in [5.41, 5.74) is 0.722. The molecule has 0 N–H and O–H groups in total. The minimum Gasteiger partial charge on any atom is -0.484 e. The zero-order valence-corrected chi connectivity index (χ0v) is 10.9. The van der Waals surface area contributed by atoms with Crippen molar-refractivity contribution in [1.82, 2.24) is 0 Å². The molecule has 0 aliphatic rings. The van der Waals surface area contributed by atoms with Crippen LogP contribution in [0.5, 0.6) is 11.5 Å². The first-order chi connectivity index (χ1) is 7.96. The third-order valence-electron chi connectivity index (χ3n) is 1.95. The Morgan fingerprint density at radius 2 is 1.94 bits per heavy atom. The maximum absolute atomic E-state index is 5.84. The highest BCUT2D eigenvalue weighted by atomic mass is 16.7. The SMILES string of the molecule is C=Cc1ccc(OCOC)c(OC(C)(C)C)c1. The average molecular weight is 236 g/mol. The highest BCUT2D eigenvalue weighted by Gasteiger charge is 2.15. The molecule has 0 saturated carbocycles. The van der Waals surface area contributed by atoms with Crippen LogP contribution < -0.4 is 9.47 Å². The first kappa shape index (κ1) is 13.6. The zero-order valence-electron chi connectivity index (χ0n) is 10.9. The van der Waals surface area contributed by atoms with Gasteiger partial charge in [-0.2, -0.15) is 0 Å². The molecule has 0 aromatic heterocycles. The molecule has 0 atom stereocenters. The maximum Gasteiger partial charge on any atom is 0.188 e. The van der Waals surface area contributed by atoms with Gasteiger partial charge in [0.1, 0.15) is 5.60 Å². The van der Waals surface area contributed by atoms with Crippen molar-refractivity contribution in [3.05, 3.63) is 30.3 Å². The Morgan fingerprint density at radius 1 is 1.24 bits per heavy atom. The summed E-state index contributed by atoms with van der Waals surface area (Å²) < 4.78 is 16.2. The zero-order chi connectivity index (χ0) is 12.9. The van der Waals surface area contributed by atoms with Gasteiger partial charge in [0, 0.05) is 7.11 Å². The molecule has 0 spiro atoms. The molecule has 0 fully saturated rings. The van der Waals surface area contributed by atoms with E-state index >= 15 is 0 Å². The highest BCUT2D eigenvalue weighted by Crippen LogP contribution is 2.31. The molecule has 0 bridgehead atoms. The number of methoxy groups -OCH3 is 1. The fraction of sp³-hybridized carbons (Fsp3) is 0.429. The Balaban J connectivity index is 2.98. The van der Waals surface area contributed by atoms with E-state index in [-0.39, 0.29) is 12.4 Å². The van der Waals surface area contributed by atoms with Gasteiger partial charge in [-0.05, 0) is 38.5 Å². The number of benzene rings is 1. The Labute approximate surface area is 103 Å². The molecule has 1 aromatic carbocycles. The summed E-state index contributed by atoms with van der Waals surface area (Å²) in [6, 6.07) is 5.69. The second kappa shape index (κ2) is 5.73. The van der Waals surface area contributed by atoms with E-state index in [4.69, 9.17) is 14.2 Å². The fourth-order valence-electron chi connectivity index (χ4n) is 1.30. The molecular formula is C14H20O3. The third kappa shape index (κ3) is 4.49. The second-order valence-corrected chi connectivity index (χ2v) is 4.68. The lowest BCUT2D eigenvalue weighted by atomic mass is 10.1. The monoisotopic (exact) mass is 236 g/mol. The first-order valence-electron chi connectivity index (χ1n) is 5.53. The first-order valence-corrected chi connectivity index (χ1v) is 5.53. The van der Waals surface area contributed by atoms with E-state index in [1.54, 1.807) is 13.2 Å². The second-order valence-electron chi connectivity index (χ2n) is 4.68. The van der Waals surface area contributed by atoms with Crippen molar-refractivity contribution >= 4 is 6.08 Å². The van der Waals surface area contributed by atoms with Gasteiger partial charge in [0.15, 0.2) is 18.3 Å². The normalized spacial score (nSPS) is 11.1. The van der Waals surface area contributed by atoms with Crippen LogP contribution in [-0.4, -0.2) is 19.5 Å². The largest absolute Gasteiger partial charge is 0.484 e. The van der Waals surface area contributed by atoms with Crippen LogP contribution in [0, 0.1) is 0 Å². The molecule has 1 rings (SSSR count). The van der Waals surface area contributed by atoms with E-state index in [1.807, 2.05) is 39.0 Å². The quantitative estimate of drug-likeness (QED) is 0.732. The van der Waals surface area contributed by atoms with Crippen molar-refractivity contribution < 1.29 is 14.2 Å². The van der Waals surface area contributed by atoms with Crippen LogP contribution in [0.4, 0.5) is 0 Å². The summed E-state index contributed by atoms with van der Waals surface area (Å²) in [5, 5.41) is 0. The van der Waals surface area contributed by atoms with E-state index in [0.717, 1.165) is 5.56 Å².